The lowest BCUT2D eigenvalue weighted by molar-refractivity contribution is -0.122. The average molecular weight is 293 g/mol. The van der Waals surface area contributed by atoms with Crippen LogP contribution in [0.4, 0.5) is 23.1 Å². The van der Waals surface area contributed by atoms with Gasteiger partial charge in [-0.15, -0.1) is 0 Å². The zero-order chi connectivity index (χ0) is 14.3. The first-order chi connectivity index (χ1) is 8.90. The molecule has 0 aliphatic carbocycles. The summed E-state index contributed by atoms with van der Waals surface area (Å²) in [6.45, 7) is -1.47. The molecule has 0 spiro atoms. The summed E-state index contributed by atoms with van der Waals surface area (Å²) in [6.07, 6.45) is -2.76. The minimum atomic E-state index is -4.46. The fraction of sp³-hybridized carbons (Fsp3) is 0.400. The topological polar surface area (TPSA) is 74.2 Å². The lowest BCUT2D eigenvalue weighted by Gasteiger charge is -2.07. The molecule has 0 fully saturated rings. The summed E-state index contributed by atoms with van der Waals surface area (Å²) in [5, 5.41) is 12.5. The van der Waals surface area contributed by atoms with Gasteiger partial charge in [-0.3, -0.25) is 5.32 Å². The van der Waals surface area contributed by atoms with Crippen molar-refractivity contribution in [2.45, 2.75) is 12.6 Å². The number of thiazole rings is 1. The van der Waals surface area contributed by atoms with Gasteiger partial charge in [-0.1, -0.05) is 23.2 Å². The molecule has 0 unspecified atom stereocenters. The highest BCUT2D eigenvalue weighted by atomic mass is 32.1. The fourth-order valence-electron chi connectivity index (χ4n) is 0.917. The van der Waals surface area contributed by atoms with Gasteiger partial charge in [0.25, 0.3) is 0 Å². The van der Waals surface area contributed by atoms with Crippen LogP contribution in [0.5, 0.6) is 0 Å². The molecular formula is C10H10F3N3O2S. The summed E-state index contributed by atoms with van der Waals surface area (Å²) in [7, 11) is 0. The normalized spacial score (nSPS) is 10.5. The molecule has 5 nitrogen and oxygen atoms in total. The van der Waals surface area contributed by atoms with Gasteiger partial charge in [-0.05, 0) is 0 Å². The standard InChI is InChI=1S/C10H10F3N3O2S/c11-10(12,13)6-15-8(18)16-9-14-5-7(19-9)3-1-2-4-17/h5,17H,2,4,6H2,(H2,14,15,16,18). The second-order valence-electron chi connectivity index (χ2n) is 3.23. The largest absolute Gasteiger partial charge is 0.405 e. The molecule has 0 saturated heterocycles. The van der Waals surface area contributed by atoms with Gasteiger partial charge < -0.3 is 10.4 Å². The third kappa shape index (κ3) is 6.64. The molecule has 0 saturated carbocycles. The Bertz CT molecular complexity index is 490. The maximum atomic E-state index is 11.8. The van der Waals surface area contributed by atoms with E-state index in [1.807, 2.05) is 0 Å². The van der Waals surface area contributed by atoms with Crippen molar-refractivity contribution in [2.75, 3.05) is 18.5 Å². The van der Waals surface area contributed by atoms with Crippen LogP contribution in [0, 0.1) is 11.8 Å². The predicted octanol–water partition coefficient (Wildman–Crippen LogP) is 1.56. The van der Waals surface area contributed by atoms with Crippen molar-refractivity contribution in [1.82, 2.24) is 10.3 Å². The van der Waals surface area contributed by atoms with Crippen LogP contribution in [-0.4, -0.2) is 35.4 Å². The lowest BCUT2D eigenvalue weighted by atomic mass is 10.4. The molecule has 0 bridgehead atoms. The van der Waals surface area contributed by atoms with Gasteiger partial charge in [0.1, 0.15) is 6.54 Å². The summed E-state index contributed by atoms with van der Waals surface area (Å²) >= 11 is 1.03. The summed E-state index contributed by atoms with van der Waals surface area (Å²) < 4.78 is 35.5. The molecular weight excluding hydrogens is 283 g/mol. The first-order valence-corrected chi connectivity index (χ1v) is 5.89. The van der Waals surface area contributed by atoms with Crippen LogP contribution in [0.15, 0.2) is 6.20 Å². The highest BCUT2D eigenvalue weighted by Crippen LogP contribution is 2.17. The van der Waals surface area contributed by atoms with E-state index in [9.17, 15) is 18.0 Å². The number of amides is 2. The first kappa shape index (κ1) is 15.3. The van der Waals surface area contributed by atoms with E-state index in [0.29, 0.717) is 11.3 Å². The molecule has 1 aromatic heterocycles. The van der Waals surface area contributed by atoms with Crippen LogP contribution < -0.4 is 10.6 Å². The van der Waals surface area contributed by atoms with Crippen molar-refractivity contribution in [3.8, 4) is 11.8 Å². The van der Waals surface area contributed by atoms with Crippen LogP contribution in [0.2, 0.25) is 0 Å². The van der Waals surface area contributed by atoms with Crippen LogP contribution in [-0.2, 0) is 0 Å². The van der Waals surface area contributed by atoms with Gasteiger partial charge >= 0.3 is 12.2 Å². The molecule has 2 amide bonds. The van der Waals surface area contributed by atoms with Gasteiger partial charge in [0.2, 0.25) is 0 Å². The van der Waals surface area contributed by atoms with Gasteiger partial charge in [0, 0.05) is 6.42 Å². The number of carbonyl (C=O) groups is 1. The molecule has 1 aromatic rings. The molecule has 104 valence electrons. The number of hydrogen-bond donors (Lipinski definition) is 3. The monoisotopic (exact) mass is 293 g/mol. The molecule has 0 atom stereocenters. The Morgan fingerprint density at radius 3 is 2.89 bits per heavy atom. The Morgan fingerprint density at radius 2 is 2.26 bits per heavy atom. The van der Waals surface area contributed by atoms with Gasteiger partial charge in [0.05, 0.1) is 17.7 Å². The van der Waals surface area contributed by atoms with E-state index < -0.39 is 18.8 Å². The summed E-state index contributed by atoms with van der Waals surface area (Å²) in [5.74, 6) is 5.35. The van der Waals surface area contributed by atoms with Crippen LogP contribution in [0.25, 0.3) is 0 Å². The van der Waals surface area contributed by atoms with E-state index in [2.05, 4.69) is 22.1 Å². The summed E-state index contributed by atoms with van der Waals surface area (Å²) in [4.78, 5) is 15.4. The van der Waals surface area contributed by atoms with Crippen molar-refractivity contribution in [1.29, 1.82) is 0 Å². The van der Waals surface area contributed by atoms with Crippen molar-refractivity contribution in [3.63, 3.8) is 0 Å². The lowest BCUT2D eigenvalue weighted by Crippen LogP contribution is -2.36. The highest BCUT2D eigenvalue weighted by Gasteiger charge is 2.27. The molecule has 0 aliphatic rings. The highest BCUT2D eigenvalue weighted by molar-refractivity contribution is 7.16. The Labute approximate surface area is 110 Å². The number of carbonyl (C=O) groups excluding carboxylic acids is 1. The van der Waals surface area contributed by atoms with E-state index in [-0.39, 0.29) is 11.7 Å². The number of nitrogens with zero attached hydrogens (tertiary/aromatic N) is 1. The van der Waals surface area contributed by atoms with E-state index in [4.69, 9.17) is 5.11 Å². The minimum absolute atomic E-state index is 0.0588. The Morgan fingerprint density at radius 1 is 1.53 bits per heavy atom. The van der Waals surface area contributed by atoms with Gasteiger partial charge in [0.15, 0.2) is 5.13 Å². The van der Waals surface area contributed by atoms with Crippen LogP contribution in [0.3, 0.4) is 0 Å². The predicted molar refractivity (Wildman–Crippen MR) is 63.8 cm³/mol. The third-order valence-corrected chi connectivity index (χ3v) is 2.45. The summed E-state index contributed by atoms with van der Waals surface area (Å²) in [6, 6.07) is -0.985. The van der Waals surface area contributed by atoms with Crippen molar-refractivity contribution in [2.24, 2.45) is 0 Å². The number of rotatable bonds is 3. The molecule has 1 rings (SSSR count). The smallest absolute Gasteiger partial charge is 0.395 e. The molecule has 0 aromatic carbocycles. The number of halogens is 3. The maximum absolute atomic E-state index is 11.8. The minimum Gasteiger partial charge on any atom is -0.395 e. The Hall–Kier alpha value is -1.79. The number of urea groups is 1. The summed E-state index contributed by atoms with van der Waals surface area (Å²) in [5.41, 5.74) is 0. The van der Waals surface area contributed by atoms with Crippen LogP contribution >= 0.6 is 11.3 Å². The second-order valence-corrected chi connectivity index (χ2v) is 4.26. The number of alkyl halides is 3. The zero-order valence-electron chi connectivity index (χ0n) is 9.54. The van der Waals surface area contributed by atoms with E-state index in [1.54, 1.807) is 5.32 Å². The molecule has 19 heavy (non-hydrogen) atoms. The number of aromatic nitrogens is 1. The third-order valence-electron chi connectivity index (χ3n) is 1.62. The van der Waals surface area contributed by atoms with Gasteiger partial charge in [-0.2, -0.15) is 13.2 Å². The number of anilines is 1. The molecule has 3 N–H and O–H groups in total. The number of nitrogens with one attached hydrogen (secondary N) is 2. The Balaban J connectivity index is 2.46. The molecule has 0 radical (unpaired) electrons. The van der Waals surface area contributed by atoms with Gasteiger partial charge in [-0.25, -0.2) is 9.78 Å². The second kappa shape index (κ2) is 6.96. The fourth-order valence-corrected chi connectivity index (χ4v) is 1.60. The van der Waals surface area contributed by atoms with Crippen LogP contribution in [0.1, 0.15) is 11.3 Å². The molecule has 0 aliphatic heterocycles. The zero-order valence-corrected chi connectivity index (χ0v) is 10.4. The SMILES string of the molecule is O=C(NCC(F)(F)F)Nc1ncc(C#CCCO)s1. The average Bonchev–Trinajstić information content (AvgIpc) is 2.74. The van der Waals surface area contributed by atoms with E-state index in [0.717, 1.165) is 11.3 Å². The van der Waals surface area contributed by atoms with E-state index >= 15 is 0 Å². The Kier molecular flexibility index (Phi) is 5.59. The first-order valence-electron chi connectivity index (χ1n) is 5.08. The number of hydrogen-bond acceptors (Lipinski definition) is 4. The maximum Gasteiger partial charge on any atom is 0.405 e. The quantitative estimate of drug-likeness (QED) is 0.740. The van der Waals surface area contributed by atoms with Crippen molar-refractivity contribution in [3.05, 3.63) is 11.1 Å². The van der Waals surface area contributed by atoms with Crippen molar-refractivity contribution >= 4 is 22.5 Å². The molecule has 1 heterocycles. The number of aliphatic hydroxyl groups excluding tert-OH is 1. The van der Waals surface area contributed by atoms with Crippen molar-refractivity contribution < 1.29 is 23.1 Å². The molecule has 9 heteroatoms. The van der Waals surface area contributed by atoms with E-state index in [1.165, 1.54) is 6.20 Å². The number of aliphatic hydroxyl groups is 1.